The van der Waals surface area contributed by atoms with Crippen molar-refractivity contribution in [1.29, 1.82) is 0 Å². The molecule has 0 saturated carbocycles. The molecule has 2 fully saturated rings. The monoisotopic (exact) mass is 287 g/mol. The number of likely N-dealkylation sites (tertiary alicyclic amines) is 1. The molecule has 0 radical (unpaired) electrons. The topological polar surface area (TPSA) is 27.7 Å². The summed E-state index contributed by atoms with van der Waals surface area (Å²) in [4.78, 5) is 5.31. The summed E-state index contributed by atoms with van der Waals surface area (Å²) in [5.74, 6) is 1.66. The Morgan fingerprint density at radius 3 is 2.67 bits per heavy atom. The van der Waals surface area contributed by atoms with E-state index in [1.54, 1.807) is 0 Å². The Morgan fingerprint density at radius 2 is 1.86 bits per heavy atom. The first-order valence-corrected chi connectivity index (χ1v) is 8.23. The predicted molar refractivity (Wildman–Crippen MR) is 83.6 cm³/mol. The van der Waals surface area contributed by atoms with E-state index in [0.29, 0.717) is 12.0 Å². The van der Waals surface area contributed by atoms with Crippen molar-refractivity contribution in [1.82, 2.24) is 15.1 Å². The SMILES string of the molecule is CC1COc2ccccc2C1N1CC(N2CCNCC2)C1. The Bertz CT molecular complexity index is 495. The Morgan fingerprint density at radius 1 is 1.10 bits per heavy atom. The second-order valence-corrected chi connectivity index (χ2v) is 6.66. The van der Waals surface area contributed by atoms with Crippen LogP contribution in [0.2, 0.25) is 0 Å². The molecule has 1 N–H and O–H groups in total. The Balaban J connectivity index is 1.45. The Kier molecular flexibility index (Phi) is 3.61. The highest BCUT2D eigenvalue weighted by Crippen LogP contribution is 2.41. The van der Waals surface area contributed by atoms with Crippen molar-refractivity contribution in [3.05, 3.63) is 29.8 Å². The minimum Gasteiger partial charge on any atom is -0.493 e. The van der Waals surface area contributed by atoms with Crippen LogP contribution in [0.25, 0.3) is 0 Å². The summed E-state index contributed by atoms with van der Waals surface area (Å²) in [7, 11) is 0. The van der Waals surface area contributed by atoms with E-state index < -0.39 is 0 Å². The summed E-state index contributed by atoms with van der Waals surface area (Å²) in [6, 6.07) is 9.87. The van der Waals surface area contributed by atoms with Crippen LogP contribution in [0.5, 0.6) is 5.75 Å². The van der Waals surface area contributed by atoms with Crippen molar-refractivity contribution in [3.8, 4) is 5.75 Å². The van der Waals surface area contributed by atoms with Crippen molar-refractivity contribution in [2.24, 2.45) is 5.92 Å². The van der Waals surface area contributed by atoms with E-state index in [-0.39, 0.29) is 0 Å². The number of para-hydroxylation sites is 1. The lowest BCUT2D eigenvalue weighted by Crippen LogP contribution is -2.64. The predicted octanol–water partition coefficient (Wildman–Crippen LogP) is 1.35. The third-order valence-corrected chi connectivity index (χ3v) is 5.23. The molecule has 3 aliphatic rings. The van der Waals surface area contributed by atoms with Crippen molar-refractivity contribution >= 4 is 0 Å². The molecule has 2 unspecified atom stereocenters. The summed E-state index contributed by atoms with van der Waals surface area (Å²) in [6.45, 7) is 10.3. The van der Waals surface area contributed by atoms with Crippen LogP contribution in [-0.2, 0) is 0 Å². The Hall–Kier alpha value is -1.10. The molecule has 2 saturated heterocycles. The Labute approximate surface area is 127 Å². The van der Waals surface area contributed by atoms with Gasteiger partial charge in [-0.3, -0.25) is 9.80 Å². The maximum atomic E-state index is 5.88. The van der Waals surface area contributed by atoms with E-state index >= 15 is 0 Å². The molecule has 1 aromatic carbocycles. The molecule has 3 aliphatic heterocycles. The lowest BCUT2D eigenvalue weighted by Gasteiger charge is -2.52. The zero-order valence-corrected chi connectivity index (χ0v) is 12.8. The second-order valence-electron chi connectivity index (χ2n) is 6.66. The molecule has 0 amide bonds. The van der Waals surface area contributed by atoms with Gasteiger partial charge in [-0.25, -0.2) is 0 Å². The van der Waals surface area contributed by atoms with Gasteiger partial charge in [0, 0.05) is 62.8 Å². The van der Waals surface area contributed by atoms with Gasteiger partial charge in [-0.1, -0.05) is 25.1 Å². The molecular weight excluding hydrogens is 262 g/mol. The van der Waals surface area contributed by atoms with Crippen LogP contribution in [0.15, 0.2) is 24.3 Å². The first-order chi connectivity index (χ1) is 10.3. The van der Waals surface area contributed by atoms with Gasteiger partial charge in [0.2, 0.25) is 0 Å². The third kappa shape index (κ3) is 2.45. The zero-order valence-electron chi connectivity index (χ0n) is 12.8. The molecule has 114 valence electrons. The van der Waals surface area contributed by atoms with E-state index in [9.17, 15) is 0 Å². The highest BCUT2D eigenvalue weighted by molar-refractivity contribution is 5.38. The van der Waals surface area contributed by atoms with Crippen LogP contribution in [-0.4, -0.2) is 61.7 Å². The number of piperazine rings is 1. The van der Waals surface area contributed by atoms with Crippen LogP contribution in [0.3, 0.4) is 0 Å². The normalized spacial score (nSPS) is 31.3. The molecular formula is C17H25N3O. The smallest absolute Gasteiger partial charge is 0.124 e. The number of hydrogen-bond acceptors (Lipinski definition) is 4. The molecule has 4 nitrogen and oxygen atoms in total. The number of hydrogen-bond donors (Lipinski definition) is 1. The number of nitrogens with one attached hydrogen (secondary N) is 1. The third-order valence-electron chi connectivity index (χ3n) is 5.23. The van der Waals surface area contributed by atoms with Crippen LogP contribution in [0.4, 0.5) is 0 Å². The number of rotatable bonds is 2. The van der Waals surface area contributed by atoms with E-state index in [2.05, 4.69) is 46.3 Å². The zero-order chi connectivity index (χ0) is 14.2. The molecule has 4 heteroatoms. The van der Waals surface area contributed by atoms with Crippen LogP contribution >= 0.6 is 0 Å². The fourth-order valence-electron chi connectivity index (χ4n) is 4.03. The summed E-state index contributed by atoms with van der Waals surface area (Å²) >= 11 is 0. The van der Waals surface area contributed by atoms with E-state index in [0.717, 1.165) is 31.5 Å². The summed E-state index contributed by atoms with van der Waals surface area (Å²) in [6.07, 6.45) is 0. The van der Waals surface area contributed by atoms with Gasteiger partial charge in [0.15, 0.2) is 0 Å². The molecule has 0 aromatic heterocycles. The maximum absolute atomic E-state index is 5.88. The lowest BCUT2D eigenvalue weighted by atomic mass is 9.87. The first-order valence-electron chi connectivity index (χ1n) is 8.23. The molecule has 0 bridgehead atoms. The lowest BCUT2D eigenvalue weighted by molar-refractivity contribution is -0.0290. The van der Waals surface area contributed by atoms with Crippen molar-refractivity contribution in [3.63, 3.8) is 0 Å². The minimum absolute atomic E-state index is 0.536. The van der Waals surface area contributed by atoms with Gasteiger partial charge in [-0.15, -0.1) is 0 Å². The minimum atomic E-state index is 0.536. The van der Waals surface area contributed by atoms with Gasteiger partial charge in [-0.2, -0.15) is 0 Å². The number of ether oxygens (including phenoxy) is 1. The number of nitrogens with zero attached hydrogens (tertiary/aromatic N) is 2. The summed E-state index contributed by atoms with van der Waals surface area (Å²) in [5, 5.41) is 3.44. The van der Waals surface area contributed by atoms with Crippen molar-refractivity contribution in [2.45, 2.75) is 19.0 Å². The second kappa shape index (κ2) is 5.59. The summed E-state index contributed by atoms with van der Waals surface area (Å²) in [5.41, 5.74) is 1.38. The highest BCUT2D eigenvalue weighted by Gasteiger charge is 2.41. The van der Waals surface area contributed by atoms with Gasteiger partial charge >= 0.3 is 0 Å². The quantitative estimate of drug-likeness (QED) is 0.888. The van der Waals surface area contributed by atoms with Crippen molar-refractivity contribution in [2.75, 3.05) is 45.9 Å². The van der Waals surface area contributed by atoms with Gasteiger partial charge in [0.05, 0.1) is 6.61 Å². The van der Waals surface area contributed by atoms with Crippen LogP contribution < -0.4 is 10.1 Å². The largest absolute Gasteiger partial charge is 0.493 e. The van der Waals surface area contributed by atoms with Gasteiger partial charge in [-0.05, 0) is 6.07 Å². The molecule has 21 heavy (non-hydrogen) atoms. The van der Waals surface area contributed by atoms with E-state index in [1.165, 1.54) is 31.7 Å². The van der Waals surface area contributed by atoms with Crippen LogP contribution in [0, 0.1) is 5.92 Å². The first kappa shape index (κ1) is 13.6. The molecule has 3 heterocycles. The molecule has 1 aromatic rings. The standard InChI is InChI=1S/C17H25N3O/c1-13-12-21-16-5-3-2-4-15(16)17(13)20-10-14(11-20)19-8-6-18-7-9-19/h2-5,13-14,17-18H,6-12H2,1H3. The number of fused-ring (bicyclic) bond motifs is 1. The molecule has 2 atom stereocenters. The van der Waals surface area contributed by atoms with Crippen molar-refractivity contribution < 1.29 is 4.74 Å². The van der Waals surface area contributed by atoms with E-state index in [4.69, 9.17) is 4.74 Å². The van der Waals surface area contributed by atoms with Crippen LogP contribution in [0.1, 0.15) is 18.5 Å². The molecule has 4 rings (SSSR count). The fourth-order valence-corrected chi connectivity index (χ4v) is 4.03. The van der Waals surface area contributed by atoms with Gasteiger partial charge < -0.3 is 10.1 Å². The average molecular weight is 287 g/mol. The highest BCUT2D eigenvalue weighted by atomic mass is 16.5. The van der Waals surface area contributed by atoms with Gasteiger partial charge in [0.25, 0.3) is 0 Å². The van der Waals surface area contributed by atoms with E-state index in [1.807, 2.05) is 0 Å². The maximum Gasteiger partial charge on any atom is 0.124 e. The fraction of sp³-hybridized carbons (Fsp3) is 0.647. The number of benzene rings is 1. The molecule has 0 aliphatic carbocycles. The van der Waals surface area contributed by atoms with Gasteiger partial charge in [0.1, 0.15) is 5.75 Å². The average Bonchev–Trinajstić information content (AvgIpc) is 2.49. The molecule has 0 spiro atoms. The summed E-state index contributed by atoms with van der Waals surface area (Å²) < 4.78 is 5.88.